The summed E-state index contributed by atoms with van der Waals surface area (Å²) in [4.78, 5) is 18.9. The maximum Gasteiger partial charge on any atom is 0.270 e. The van der Waals surface area contributed by atoms with Crippen LogP contribution in [0.1, 0.15) is 25.6 Å². The number of hydrogen-bond acceptors (Lipinski definition) is 6. The van der Waals surface area contributed by atoms with Crippen LogP contribution in [0.25, 0.3) is 10.8 Å². The van der Waals surface area contributed by atoms with E-state index in [4.69, 9.17) is 4.52 Å². The Bertz CT molecular complexity index is 644. The molecule has 1 fully saturated rings. The first-order valence-electron chi connectivity index (χ1n) is 7.48. The smallest absolute Gasteiger partial charge is 0.270 e. The quantitative estimate of drug-likeness (QED) is 0.937. The molecule has 0 aliphatic carbocycles. The van der Waals surface area contributed by atoms with Crippen LogP contribution in [0.15, 0.2) is 16.0 Å². The Morgan fingerprint density at radius 3 is 3.00 bits per heavy atom. The molecule has 7 heteroatoms. The first kappa shape index (κ1) is 15.2. The van der Waals surface area contributed by atoms with Crippen molar-refractivity contribution in [2.75, 3.05) is 25.5 Å². The Labute approximate surface area is 133 Å². The van der Waals surface area contributed by atoms with Crippen molar-refractivity contribution in [2.45, 2.75) is 26.2 Å². The lowest BCUT2D eigenvalue weighted by molar-refractivity contribution is -0.114. The summed E-state index contributed by atoms with van der Waals surface area (Å²) < 4.78 is 5.38. The average molecular weight is 320 g/mol. The number of carbonyl (C=O) groups is 1. The maximum atomic E-state index is 11.2. The number of hydrogen-bond donors (Lipinski definition) is 1. The first-order chi connectivity index (χ1) is 10.6. The van der Waals surface area contributed by atoms with Gasteiger partial charge in [-0.15, -0.1) is 11.3 Å². The fourth-order valence-electron chi connectivity index (χ4n) is 2.72. The van der Waals surface area contributed by atoms with E-state index in [-0.39, 0.29) is 5.91 Å². The van der Waals surface area contributed by atoms with E-state index in [1.165, 1.54) is 31.1 Å². The van der Waals surface area contributed by atoms with Gasteiger partial charge < -0.3 is 14.7 Å². The van der Waals surface area contributed by atoms with Gasteiger partial charge in [0.15, 0.2) is 5.82 Å². The van der Waals surface area contributed by atoms with Crippen LogP contribution in [0.3, 0.4) is 0 Å². The van der Waals surface area contributed by atoms with E-state index in [0.717, 1.165) is 35.9 Å². The minimum atomic E-state index is -0.106. The number of likely N-dealkylation sites (tertiary alicyclic amines) is 1. The number of rotatable bonds is 4. The van der Waals surface area contributed by atoms with Gasteiger partial charge in [0.1, 0.15) is 4.88 Å². The van der Waals surface area contributed by atoms with Gasteiger partial charge in [0.25, 0.3) is 5.89 Å². The second-order valence-electron chi connectivity index (χ2n) is 5.81. The normalized spacial score (nSPS) is 16.8. The van der Waals surface area contributed by atoms with Crippen LogP contribution >= 0.6 is 11.3 Å². The van der Waals surface area contributed by atoms with Crippen LogP contribution in [0.4, 0.5) is 5.69 Å². The highest BCUT2D eigenvalue weighted by Crippen LogP contribution is 2.33. The molecule has 118 valence electrons. The summed E-state index contributed by atoms with van der Waals surface area (Å²) in [6.07, 6.45) is 3.21. The predicted octanol–water partition coefficient (Wildman–Crippen LogP) is 2.64. The second kappa shape index (κ2) is 6.58. The predicted molar refractivity (Wildman–Crippen MR) is 85.8 cm³/mol. The Morgan fingerprint density at radius 1 is 1.50 bits per heavy atom. The molecule has 6 nitrogen and oxygen atoms in total. The lowest BCUT2D eigenvalue weighted by atomic mass is 9.94. The zero-order valence-corrected chi connectivity index (χ0v) is 13.7. The largest absolute Gasteiger partial charge is 0.333 e. The van der Waals surface area contributed by atoms with Crippen molar-refractivity contribution < 1.29 is 9.32 Å². The number of piperidine rings is 1. The highest BCUT2D eigenvalue weighted by Gasteiger charge is 2.21. The second-order valence-corrected chi connectivity index (χ2v) is 6.73. The van der Waals surface area contributed by atoms with Crippen LogP contribution < -0.4 is 5.32 Å². The molecule has 1 amide bonds. The van der Waals surface area contributed by atoms with Gasteiger partial charge in [-0.2, -0.15) is 4.98 Å². The molecule has 0 aromatic carbocycles. The fraction of sp³-hybridized carbons (Fsp3) is 0.533. The van der Waals surface area contributed by atoms with Crippen LogP contribution in [-0.4, -0.2) is 41.1 Å². The molecule has 22 heavy (non-hydrogen) atoms. The van der Waals surface area contributed by atoms with E-state index in [1.54, 1.807) is 0 Å². The number of anilines is 1. The highest BCUT2D eigenvalue weighted by molar-refractivity contribution is 7.14. The van der Waals surface area contributed by atoms with Crippen molar-refractivity contribution in [1.82, 2.24) is 15.0 Å². The monoisotopic (exact) mass is 320 g/mol. The van der Waals surface area contributed by atoms with Crippen molar-refractivity contribution in [3.8, 4) is 10.8 Å². The summed E-state index contributed by atoms with van der Waals surface area (Å²) in [6, 6.07) is 1.85. The molecule has 1 aliphatic rings. The van der Waals surface area contributed by atoms with Crippen LogP contribution in [0, 0.1) is 5.92 Å². The standard InChI is InChI=1S/C15H20N4O2S/c1-10(20)16-12-5-8-22-14(12)15-17-13(18-21-15)9-11-3-6-19(2)7-4-11/h5,8,11H,3-4,6-7,9H2,1-2H3,(H,16,20). The summed E-state index contributed by atoms with van der Waals surface area (Å²) >= 11 is 1.49. The number of nitrogens with one attached hydrogen (secondary N) is 1. The van der Waals surface area contributed by atoms with Gasteiger partial charge in [-0.25, -0.2) is 0 Å². The zero-order chi connectivity index (χ0) is 15.5. The minimum Gasteiger partial charge on any atom is -0.333 e. The summed E-state index contributed by atoms with van der Waals surface area (Å²) in [5.74, 6) is 1.76. The number of carbonyl (C=O) groups excluding carboxylic acids is 1. The third-order valence-electron chi connectivity index (χ3n) is 3.95. The lowest BCUT2D eigenvalue weighted by Crippen LogP contribution is -2.31. The molecular formula is C15H20N4O2S. The lowest BCUT2D eigenvalue weighted by Gasteiger charge is -2.27. The molecule has 1 N–H and O–H groups in total. The summed E-state index contributed by atoms with van der Waals surface area (Å²) in [5.41, 5.74) is 0.729. The van der Waals surface area contributed by atoms with Crippen molar-refractivity contribution in [2.24, 2.45) is 5.92 Å². The van der Waals surface area contributed by atoms with Gasteiger partial charge in [0.2, 0.25) is 5.91 Å². The first-order valence-corrected chi connectivity index (χ1v) is 8.36. The van der Waals surface area contributed by atoms with Gasteiger partial charge in [-0.3, -0.25) is 4.79 Å². The van der Waals surface area contributed by atoms with E-state index in [9.17, 15) is 4.79 Å². The van der Waals surface area contributed by atoms with E-state index < -0.39 is 0 Å². The van der Waals surface area contributed by atoms with Crippen LogP contribution in [0.2, 0.25) is 0 Å². The number of nitrogens with zero attached hydrogens (tertiary/aromatic N) is 3. The molecule has 1 saturated heterocycles. The van der Waals surface area contributed by atoms with Gasteiger partial charge >= 0.3 is 0 Å². The Kier molecular flexibility index (Phi) is 4.54. The van der Waals surface area contributed by atoms with E-state index in [2.05, 4.69) is 27.4 Å². The summed E-state index contributed by atoms with van der Waals surface area (Å²) in [6.45, 7) is 3.75. The van der Waals surface area contributed by atoms with Gasteiger partial charge in [0.05, 0.1) is 5.69 Å². The molecule has 2 aromatic rings. The van der Waals surface area contributed by atoms with Crippen LogP contribution in [0.5, 0.6) is 0 Å². The van der Waals surface area contributed by atoms with E-state index in [0.29, 0.717) is 11.8 Å². The van der Waals surface area contributed by atoms with Crippen LogP contribution in [-0.2, 0) is 11.2 Å². The van der Waals surface area contributed by atoms with Crippen molar-refractivity contribution in [3.05, 3.63) is 17.3 Å². The number of aromatic nitrogens is 2. The molecule has 3 rings (SSSR count). The van der Waals surface area contributed by atoms with Gasteiger partial charge in [-0.05, 0) is 50.3 Å². The zero-order valence-electron chi connectivity index (χ0n) is 12.8. The molecule has 0 radical (unpaired) electrons. The Hall–Kier alpha value is -1.73. The molecule has 0 saturated carbocycles. The maximum absolute atomic E-state index is 11.2. The molecule has 0 atom stereocenters. The Morgan fingerprint density at radius 2 is 2.27 bits per heavy atom. The molecule has 3 heterocycles. The molecular weight excluding hydrogens is 300 g/mol. The topological polar surface area (TPSA) is 71.3 Å². The molecule has 1 aliphatic heterocycles. The summed E-state index contributed by atoms with van der Waals surface area (Å²) in [5, 5.41) is 8.79. The van der Waals surface area contributed by atoms with E-state index in [1.807, 2.05) is 11.4 Å². The van der Waals surface area contributed by atoms with Crippen molar-refractivity contribution in [3.63, 3.8) is 0 Å². The molecule has 2 aromatic heterocycles. The summed E-state index contributed by atoms with van der Waals surface area (Å²) in [7, 11) is 2.16. The number of amides is 1. The third-order valence-corrected chi connectivity index (χ3v) is 4.85. The average Bonchev–Trinajstić information content (AvgIpc) is 3.10. The van der Waals surface area contributed by atoms with E-state index >= 15 is 0 Å². The Balaban J connectivity index is 1.69. The van der Waals surface area contributed by atoms with Crippen molar-refractivity contribution >= 4 is 22.9 Å². The SMILES string of the molecule is CC(=O)Nc1ccsc1-c1nc(CC2CCN(C)CC2)no1. The van der Waals surface area contributed by atoms with Crippen molar-refractivity contribution in [1.29, 1.82) is 0 Å². The third kappa shape index (κ3) is 3.53. The molecule has 0 spiro atoms. The highest BCUT2D eigenvalue weighted by atomic mass is 32.1. The molecule has 0 bridgehead atoms. The number of thiophene rings is 1. The molecule has 0 unspecified atom stereocenters. The van der Waals surface area contributed by atoms with Gasteiger partial charge in [0, 0.05) is 13.3 Å². The fourth-order valence-corrected chi connectivity index (χ4v) is 3.49. The van der Waals surface area contributed by atoms with Gasteiger partial charge in [-0.1, -0.05) is 5.16 Å². The minimum absolute atomic E-state index is 0.106.